The summed E-state index contributed by atoms with van der Waals surface area (Å²) in [7, 11) is 1.52. The van der Waals surface area contributed by atoms with Gasteiger partial charge < -0.3 is 77.7 Å². The van der Waals surface area contributed by atoms with Crippen molar-refractivity contribution in [3.63, 3.8) is 0 Å². The number of benzene rings is 3. The van der Waals surface area contributed by atoms with E-state index in [1.54, 1.807) is 116 Å². The highest BCUT2D eigenvalue weighted by Gasteiger charge is 2.50. The fraction of sp³-hybridized carbons (Fsp3) is 0.404. The van der Waals surface area contributed by atoms with E-state index in [-0.39, 0.29) is 186 Å². The van der Waals surface area contributed by atoms with Crippen LogP contribution in [0.4, 0.5) is 0 Å². The molecule has 7 aliphatic heterocycles. The lowest BCUT2D eigenvalue weighted by Crippen LogP contribution is -2.41. The van der Waals surface area contributed by atoms with Gasteiger partial charge in [0.05, 0.1) is 51.1 Å². The van der Waals surface area contributed by atoms with E-state index in [9.17, 15) is 97.8 Å². The number of aromatic carboxylic acids is 7. The molecule has 0 saturated carbocycles. The largest absolute Gasteiger partial charge is 0.478 e. The quantitative estimate of drug-likeness (QED) is 0.0267. The zero-order valence-corrected chi connectivity index (χ0v) is 85.6. The molecule has 7 aliphatic rings. The third kappa shape index (κ3) is 24.0. The predicted octanol–water partition coefficient (Wildman–Crippen LogP) is 11.5. The summed E-state index contributed by atoms with van der Waals surface area (Å²) in [6, 6.07) is 26.4. The molecule has 0 aliphatic carbocycles. The first-order valence-electron chi connectivity index (χ1n) is 46.6. The van der Waals surface area contributed by atoms with Gasteiger partial charge in [-0.05, 0) is 194 Å². The Hall–Kier alpha value is -16.1. The Morgan fingerprint density at radius 2 is 0.600 bits per heavy atom. The van der Waals surface area contributed by atoms with Crippen LogP contribution in [0.1, 0.15) is 292 Å². The number of aryl methyl sites for hydroxylation is 4. The summed E-state index contributed by atoms with van der Waals surface area (Å²) in [5.74, 6) is -7.37. The molecule has 8 aromatic rings. The summed E-state index contributed by atoms with van der Waals surface area (Å²) in [5.41, 5.74) is 0.671. The Kier molecular flexibility index (Phi) is 34.6. The molecule has 145 heavy (non-hydrogen) atoms. The normalized spacial score (nSPS) is 21.5. The molecule has 15 rings (SSSR count). The van der Waals surface area contributed by atoms with Gasteiger partial charge in [-0.25, -0.2) is 63.5 Å². The second kappa shape index (κ2) is 44.6. The number of carbonyl (C=O) groups is 14. The first-order chi connectivity index (χ1) is 67.5. The standard InChI is InChI=1S/C17H17N3O3.C15H19N3O4.C15H19N3O3.2C15H18N2O3.C14H17N3O3.C13H15N3O3/c1-9(2)17(3)16(23)19-14(20-17)13-11(15(21)22)8-10-6-4-5-7-12(10)18-13;1-8(2)15(3)14(21)17-12(18-15)11-10(13(19)20)5-9(6-16-11)7-22-4;1-5-9-6-10(13(19)20)11(16-7-9)12-17-14(21)15(4,18-12)8(2)3;1-8(2)15(4)14(20)16-12(17-15)11-7-9(3)5-6-10(11)13(18)19;1-8(2)15(4)14(20)16-12(17-15)10-6-5-9(3)7-11(10)13(18)19;1-7(2)14(4)13(20)16-11(17-14)10-9(12(18)19)5-8(3)6-15-10;1-7(2)13(3)12(19)15-10(16-13)9-8(11(17)18)5-4-6-14-9/h4-9H,1-3H3,(H,21,22)(H,19,20,23);5-6,8H,7H2,1-4H3,(H,19,20)(H,17,18,21);6-8H,5H2,1-4H3,(H,19,20)(H,17,18,21);2*5-8H,1-4H3,(H,18,19)(H,16,17,20);5-7H,1-4H3,(H,18,19)(H,16,17,20);4-7H,1-3H3,(H,17,18)(H,15,16,19). The van der Waals surface area contributed by atoms with Gasteiger partial charge in [0.15, 0.2) is 29.2 Å². The molecule has 5 aromatic heterocycles. The van der Waals surface area contributed by atoms with Crippen LogP contribution in [0.2, 0.25) is 0 Å². The number of hydrogen-bond acceptors (Lipinski definition) is 27. The summed E-state index contributed by atoms with van der Waals surface area (Å²) in [4.78, 5) is 216. The first-order valence-corrected chi connectivity index (χ1v) is 46.6. The van der Waals surface area contributed by atoms with Crippen molar-refractivity contribution in [3.05, 3.63) is 228 Å². The predicted molar refractivity (Wildman–Crippen MR) is 540 cm³/mol. The SMILES string of the molecule is CC(C)C1(C)N=C(c2nc3ccccc3cc2C(=O)O)NC1=O.CC(C)C1(C)N=C(c2ncccc2C(=O)O)NC1=O.CCc1cnc(C2=NC(C)(C(C)C)C(=O)N2)c(C(=O)O)c1.COCc1cnc(C2=NC(C)(C(C)C)C(=O)N2)c(C(=O)O)c1.Cc1ccc(C(=O)O)c(C2=NC(C)(C(C)C)C(=O)N2)c1.Cc1ccc(C2=NC(C)(C(C)C)C(=O)N2)c(C(=O)O)c1.Cc1cnc(C2=NC(C)(C(C)C)C(=O)N2)c(C(=O)O)c1. The summed E-state index contributed by atoms with van der Waals surface area (Å²) in [6.45, 7) is 46.4. The maximum absolute atomic E-state index is 12.3. The van der Waals surface area contributed by atoms with E-state index in [4.69, 9.17) is 9.84 Å². The van der Waals surface area contributed by atoms with E-state index in [1.807, 2.05) is 136 Å². The van der Waals surface area contributed by atoms with E-state index in [0.29, 0.717) is 40.3 Å². The monoisotopic (exact) mass is 1990 g/mol. The van der Waals surface area contributed by atoms with Crippen molar-refractivity contribution in [3.8, 4) is 0 Å². The Bertz CT molecular complexity index is 6720. The fourth-order valence-electron chi connectivity index (χ4n) is 14.8. The average molecular weight is 1990 g/mol. The number of amidine groups is 7. The molecule has 14 N–H and O–H groups in total. The molecule has 41 nitrogen and oxygen atoms in total. The molecule has 0 radical (unpaired) electrons. The number of rotatable bonds is 24. The van der Waals surface area contributed by atoms with Crippen molar-refractivity contribution in [2.45, 2.75) is 225 Å². The number of fused-ring (bicyclic) bond motifs is 1. The first kappa shape index (κ1) is 113. The second-order valence-electron chi connectivity index (χ2n) is 38.9. The summed E-state index contributed by atoms with van der Waals surface area (Å²) in [5, 5.41) is 84.5. The van der Waals surface area contributed by atoms with Crippen LogP contribution in [0.5, 0.6) is 0 Å². The zero-order chi connectivity index (χ0) is 108. The van der Waals surface area contributed by atoms with Crippen LogP contribution in [0.15, 0.2) is 157 Å². The maximum atomic E-state index is 12.3. The maximum Gasteiger partial charge on any atom is 0.338 e. The average Bonchev–Trinajstić information content (AvgIpc) is 1.43. The Labute approximate surface area is 837 Å². The van der Waals surface area contributed by atoms with Gasteiger partial charge in [0.2, 0.25) is 0 Å². The van der Waals surface area contributed by atoms with Gasteiger partial charge in [-0.3, -0.25) is 63.5 Å². The van der Waals surface area contributed by atoms with Crippen molar-refractivity contribution in [1.29, 1.82) is 0 Å². The third-order valence-electron chi connectivity index (χ3n) is 26.9. The smallest absolute Gasteiger partial charge is 0.338 e. The number of carboxylic acid groups (broad SMARTS) is 7. The summed E-state index contributed by atoms with van der Waals surface area (Å²) in [6.07, 6.45) is 6.85. The van der Waals surface area contributed by atoms with Crippen LogP contribution in [-0.4, -0.2) is 231 Å². The second-order valence-corrected chi connectivity index (χ2v) is 38.9. The minimum atomic E-state index is -1.13. The number of carboxylic acids is 7. The summed E-state index contributed by atoms with van der Waals surface area (Å²) >= 11 is 0. The molecule has 3 aromatic carbocycles. The number of nitrogens with zero attached hydrogens (tertiary/aromatic N) is 12. The van der Waals surface area contributed by atoms with Crippen LogP contribution in [0.3, 0.4) is 0 Å². The number of aliphatic imine (C=N–C) groups is 7. The minimum Gasteiger partial charge on any atom is -0.478 e. The Morgan fingerprint density at radius 3 is 0.959 bits per heavy atom. The third-order valence-corrected chi connectivity index (χ3v) is 26.9. The molecular weight excluding hydrogens is 1870 g/mol. The van der Waals surface area contributed by atoms with Gasteiger partial charge in [-0.15, -0.1) is 0 Å². The summed E-state index contributed by atoms with van der Waals surface area (Å²) < 4.78 is 4.98. The van der Waals surface area contributed by atoms with E-state index in [2.05, 4.69) is 97.1 Å². The lowest BCUT2D eigenvalue weighted by molar-refractivity contribution is -0.125. The molecule has 0 spiro atoms. The molecule has 0 bridgehead atoms. The lowest BCUT2D eigenvalue weighted by atomic mass is 9.89. The minimum absolute atomic E-state index is 0.00118. The highest BCUT2D eigenvalue weighted by Crippen LogP contribution is 2.36. The number of amides is 7. The van der Waals surface area contributed by atoms with Crippen molar-refractivity contribution >= 4 is 135 Å². The molecule has 7 amide bonds. The highest BCUT2D eigenvalue weighted by molar-refractivity contribution is 6.24. The molecule has 0 fully saturated rings. The number of methoxy groups -OCH3 is 1. The van der Waals surface area contributed by atoms with Crippen LogP contribution in [0.25, 0.3) is 10.9 Å². The van der Waals surface area contributed by atoms with Crippen molar-refractivity contribution in [2.24, 2.45) is 76.4 Å². The Morgan fingerprint density at radius 1 is 0.303 bits per heavy atom. The van der Waals surface area contributed by atoms with Crippen molar-refractivity contribution in [2.75, 3.05) is 7.11 Å². The van der Waals surface area contributed by atoms with Gasteiger partial charge in [-0.2, -0.15) is 0 Å². The topological polar surface area (TPSA) is 625 Å². The number of para-hydroxylation sites is 1. The number of pyridine rings is 5. The highest BCUT2D eigenvalue weighted by atomic mass is 16.5. The number of hydrogen-bond donors (Lipinski definition) is 14. The van der Waals surface area contributed by atoms with E-state index < -0.39 is 80.6 Å². The zero-order valence-electron chi connectivity index (χ0n) is 85.6. The van der Waals surface area contributed by atoms with Crippen LogP contribution in [-0.2, 0) is 51.3 Å². The number of nitrogens with one attached hydrogen (secondary N) is 7. The van der Waals surface area contributed by atoms with Crippen LogP contribution in [0, 0.1) is 62.2 Å². The van der Waals surface area contributed by atoms with Crippen LogP contribution < -0.4 is 37.2 Å². The van der Waals surface area contributed by atoms with Gasteiger partial charge in [0.1, 0.15) is 78.9 Å². The van der Waals surface area contributed by atoms with Crippen LogP contribution >= 0.6 is 0 Å². The molecule has 766 valence electrons. The molecule has 7 atom stereocenters. The molecule has 12 heterocycles. The molecule has 0 saturated heterocycles. The van der Waals surface area contributed by atoms with E-state index >= 15 is 0 Å². The molecule has 7 unspecified atom stereocenters. The van der Waals surface area contributed by atoms with Crippen molar-refractivity contribution in [1.82, 2.24) is 62.1 Å². The van der Waals surface area contributed by atoms with E-state index in [1.165, 1.54) is 49.8 Å². The van der Waals surface area contributed by atoms with E-state index in [0.717, 1.165) is 27.6 Å². The van der Waals surface area contributed by atoms with Gasteiger partial charge >= 0.3 is 41.8 Å². The molecular formula is C104H123N19O22. The number of ether oxygens (including phenoxy) is 1. The number of aromatic nitrogens is 5. The number of carbonyl (C=O) groups excluding carboxylic acids is 7. The Balaban J connectivity index is 0.000000189. The van der Waals surface area contributed by atoms with Gasteiger partial charge in [0, 0.05) is 48.4 Å². The van der Waals surface area contributed by atoms with Crippen molar-refractivity contribution < 1.29 is 108 Å². The van der Waals surface area contributed by atoms with Gasteiger partial charge in [-0.1, -0.05) is 151 Å². The molecule has 41 heteroatoms. The lowest BCUT2D eigenvalue weighted by Gasteiger charge is -2.21. The van der Waals surface area contributed by atoms with Gasteiger partial charge in [0.25, 0.3) is 41.4 Å². The fourth-order valence-corrected chi connectivity index (χ4v) is 14.8.